The van der Waals surface area contributed by atoms with E-state index in [1.165, 1.54) is 19.3 Å². The highest BCUT2D eigenvalue weighted by molar-refractivity contribution is 5.99. The minimum absolute atomic E-state index is 0.0578. The Labute approximate surface area is 96.5 Å². The smallest absolute Gasteiger partial charge is 0.255 e. The third-order valence-corrected chi connectivity index (χ3v) is 3.03. The Morgan fingerprint density at radius 3 is 2.56 bits per heavy atom. The number of hydrogen-bond acceptors (Lipinski definition) is 2. The van der Waals surface area contributed by atoms with Crippen LogP contribution in [0.1, 0.15) is 29.6 Å². The van der Waals surface area contributed by atoms with Crippen molar-refractivity contribution in [1.29, 1.82) is 0 Å². The highest BCUT2D eigenvalue weighted by atomic mass is 16.2. The van der Waals surface area contributed by atoms with Crippen LogP contribution in [0.2, 0.25) is 0 Å². The molecule has 1 amide bonds. The molecule has 3 heteroatoms. The van der Waals surface area contributed by atoms with Crippen LogP contribution < -0.4 is 5.32 Å². The Balaban J connectivity index is 2.19. The number of benzene rings is 1. The van der Waals surface area contributed by atoms with Crippen molar-refractivity contribution in [2.45, 2.75) is 25.3 Å². The van der Waals surface area contributed by atoms with Crippen molar-refractivity contribution in [2.24, 2.45) is 0 Å². The van der Waals surface area contributed by atoms with E-state index in [1.54, 1.807) is 19.0 Å². The van der Waals surface area contributed by atoms with Gasteiger partial charge in [-0.05, 0) is 31.4 Å². The molecular weight excluding hydrogens is 200 g/mol. The topological polar surface area (TPSA) is 32.3 Å². The molecule has 2 rings (SSSR count). The molecule has 1 aromatic rings. The van der Waals surface area contributed by atoms with E-state index in [9.17, 15) is 4.79 Å². The van der Waals surface area contributed by atoms with E-state index in [0.717, 1.165) is 11.3 Å². The summed E-state index contributed by atoms with van der Waals surface area (Å²) < 4.78 is 0. The van der Waals surface area contributed by atoms with Crippen LogP contribution in [0.15, 0.2) is 24.3 Å². The molecule has 0 heterocycles. The summed E-state index contributed by atoms with van der Waals surface area (Å²) in [6.45, 7) is 0. The first-order valence-electron chi connectivity index (χ1n) is 5.75. The fraction of sp³-hybridized carbons (Fsp3) is 0.462. The number of rotatable bonds is 3. The quantitative estimate of drug-likeness (QED) is 0.844. The monoisotopic (exact) mass is 218 g/mol. The highest BCUT2D eigenvalue weighted by Gasteiger charge is 2.20. The highest BCUT2D eigenvalue weighted by Crippen LogP contribution is 2.25. The fourth-order valence-corrected chi connectivity index (χ4v) is 1.81. The minimum Gasteiger partial charge on any atom is -0.382 e. The zero-order valence-electron chi connectivity index (χ0n) is 9.86. The van der Waals surface area contributed by atoms with E-state index in [4.69, 9.17) is 0 Å². The van der Waals surface area contributed by atoms with Crippen molar-refractivity contribution in [3.8, 4) is 0 Å². The van der Waals surface area contributed by atoms with Crippen LogP contribution in [-0.4, -0.2) is 30.9 Å². The number of anilines is 1. The number of nitrogens with one attached hydrogen (secondary N) is 1. The van der Waals surface area contributed by atoms with Crippen LogP contribution >= 0.6 is 0 Å². The molecule has 16 heavy (non-hydrogen) atoms. The van der Waals surface area contributed by atoms with Gasteiger partial charge in [-0.15, -0.1) is 0 Å². The Kier molecular flexibility index (Phi) is 3.13. The lowest BCUT2D eigenvalue weighted by Crippen LogP contribution is -2.29. The van der Waals surface area contributed by atoms with Gasteiger partial charge < -0.3 is 10.2 Å². The first-order valence-corrected chi connectivity index (χ1v) is 5.75. The molecule has 0 spiro atoms. The number of para-hydroxylation sites is 1. The molecule has 0 atom stereocenters. The first kappa shape index (κ1) is 11.0. The van der Waals surface area contributed by atoms with Crippen LogP contribution in [0.5, 0.6) is 0 Å². The van der Waals surface area contributed by atoms with Crippen LogP contribution in [0.25, 0.3) is 0 Å². The molecule has 0 aliphatic heterocycles. The lowest BCUT2D eigenvalue weighted by molar-refractivity contribution is 0.0828. The summed E-state index contributed by atoms with van der Waals surface area (Å²) in [4.78, 5) is 13.6. The van der Waals surface area contributed by atoms with Gasteiger partial charge in [0, 0.05) is 25.8 Å². The third-order valence-electron chi connectivity index (χ3n) is 3.03. The second-order valence-electron chi connectivity index (χ2n) is 4.52. The maximum atomic E-state index is 11.9. The van der Waals surface area contributed by atoms with Crippen LogP contribution in [-0.2, 0) is 0 Å². The van der Waals surface area contributed by atoms with E-state index in [1.807, 2.05) is 24.3 Å². The summed E-state index contributed by atoms with van der Waals surface area (Å²) in [6, 6.07) is 8.28. The molecule has 1 saturated carbocycles. The standard InChI is InChI=1S/C13H18N2O/c1-15(2)13(16)11-8-3-4-9-12(11)14-10-6-5-7-10/h3-4,8-10,14H,5-7H2,1-2H3. The van der Waals surface area contributed by atoms with Gasteiger partial charge in [-0.3, -0.25) is 4.79 Å². The van der Waals surface area contributed by atoms with Crippen LogP contribution in [0.4, 0.5) is 5.69 Å². The minimum atomic E-state index is 0.0578. The molecule has 0 unspecified atom stereocenters. The maximum absolute atomic E-state index is 11.9. The molecule has 1 aromatic carbocycles. The predicted octanol–water partition coefficient (Wildman–Crippen LogP) is 2.35. The molecule has 1 aliphatic rings. The van der Waals surface area contributed by atoms with Crippen LogP contribution in [0.3, 0.4) is 0 Å². The zero-order chi connectivity index (χ0) is 11.5. The van der Waals surface area contributed by atoms with Crippen molar-refractivity contribution in [3.63, 3.8) is 0 Å². The number of amides is 1. The summed E-state index contributed by atoms with van der Waals surface area (Å²) in [6.07, 6.45) is 3.72. The van der Waals surface area contributed by atoms with E-state index in [2.05, 4.69) is 5.32 Å². The number of carbonyl (C=O) groups is 1. The Bertz CT molecular complexity index is 383. The second kappa shape index (κ2) is 4.56. The fourth-order valence-electron chi connectivity index (χ4n) is 1.81. The summed E-state index contributed by atoms with van der Waals surface area (Å²) in [5, 5.41) is 3.44. The Hall–Kier alpha value is -1.51. The average molecular weight is 218 g/mol. The molecule has 1 N–H and O–H groups in total. The molecule has 0 saturated heterocycles. The second-order valence-corrected chi connectivity index (χ2v) is 4.52. The Morgan fingerprint density at radius 1 is 1.31 bits per heavy atom. The molecule has 3 nitrogen and oxygen atoms in total. The first-order chi connectivity index (χ1) is 7.68. The lowest BCUT2D eigenvalue weighted by Gasteiger charge is -2.28. The van der Waals surface area contributed by atoms with E-state index in [-0.39, 0.29) is 5.91 Å². The van der Waals surface area contributed by atoms with E-state index < -0.39 is 0 Å². The zero-order valence-corrected chi connectivity index (χ0v) is 9.86. The van der Waals surface area contributed by atoms with Crippen molar-refractivity contribution >= 4 is 11.6 Å². The molecule has 0 radical (unpaired) electrons. The average Bonchev–Trinajstić information content (AvgIpc) is 2.23. The van der Waals surface area contributed by atoms with Crippen molar-refractivity contribution < 1.29 is 4.79 Å². The molecular formula is C13H18N2O. The number of carbonyl (C=O) groups excluding carboxylic acids is 1. The normalized spacial score (nSPS) is 15.4. The lowest BCUT2D eigenvalue weighted by atomic mass is 9.92. The van der Waals surface area contributed by atoms with Crippen LogP contribution in [0, 0.1) is 0 Å². The van der Waals surface area contributed by atoms with E-state index in [0.29, 0.717) is 6.04 Å². The third kappa shape index (κ3) is 2.18. The van der Waals surface area contributed by atoms with Gasteiger partial charge in [0.1, 0.15) is 0 Å². The SMILES string of the molecule is CN(C)C(=O)c1ccccc1NC1CCC1. The van der Waals surface area contributed by atoms with Gasteiger partial charge in [-0.1, -0.05) is 12.1 Å². The summed E-state index contributed by atoms with van der Waals surface area (Å²) in [5.74, 6) is 0.0578. The van der Waals surface area contributed by atoms with Gasteiger partial charge in [0.05, 0.1) is 5.56 Å². The van der Waals surface area contributed by atoms with Gasteiger partial charge in [0.15, 0.2) is 0 Å². The molecule has 0 aromatic heterocycles. The summed E-state index contributed by atoms with van der Waals surface area (Å²) in [5.41, 5.74) is 1.73. The molecule has 1 fully saturated rings. The van der Waals surface area contributed by atoms with E-state index >= 15 is 0 Å². The predicted molar refractivity (Wildman–Crippen MR) is 65.7 cm³/mol. The summed E-state index contributed by atoms with van der Waals surface area (Å²) in [7, 11) is 3.56. The van der Waals surface area contributed by atoms with Gasteiger partial charge in [0.2, 0.25) is 0 Å². The molecule has 0 bridgehead atoms. The number of hydrogen-bond donors (Lipinski definition) is 1. The molecule has 1 aliphatic carbocycles. The van der Waals surface area contributed by atoms with Crippen molar-refractivity contribution in [3.05, 3.63) is 29.8 Å². The van der Waals surface area contributed by atoms with Crippen molar-refractivity contribution in [2.75, 3.05) is 19.4 Å². The van der Waals surface area contributed by atoms with Gasteiger partial charge in [-0.25, -0.2) is 0 Å². The largest absolute Gasteiger partial charge is 0.382 e. The maximum Gasteiger partial charge on any atom is 0.255 e. The number of nitrogens with zero attached hydrogens (tertiary/aromatic N) is 1. The van der Waals surface area contributed by atoms with Gasteiger partial charge in [-0.2, -0.15) is 0 Å². The summed E-state index contributed by atoms with van der Waals surface area (Å²) >= 11 is 0. The van der Waals surface area contributed by atoms with Crippen molar-refractivity contribution in [1.82, 2.24) is 4.90 Å². The van der Waals surface area contributed by atoms with Gasteiger partial charge >= 0.3 is 0 Å². The Morgan fingerprint density at radius 2 is 2.00 bits per heavy atom. The van der Waals surface area contributed by atoms with Gasteiger partial charge in [0.25, 0.3) is 5.91 Å². The molecule has 86 valence electrons.